The summed E-state index contributed by atoms with van der Waals surface area (Å²) in [6.07, 6.45) is 1.64. The first kappa shape index (κ1) is 29.5. The molecule has 0 aliphatic heterocycles. The van der Waals surface area contributed by atoms with Gasteiger partial charge < -0.3 is 20.7 Å². The number of ether oxygens (including phenoxy) is 1. The normalized spacial score (nSPS) is 11.0. The highest BCUT2D eigenvalue weighted by molar-refractivity contribution is 8.00. The van der Waals surface area contributed by atoms with E-state index in [1.54, 1.807) is 66.7 Å². The lowest BCUT2D eigenvalue weighted by molar-refractivity contribution is -0.114. The van der Waals surface area contributed by atoms with E-state index < -0.39 is 11.8 Å². The predicted molar refractivity (Wildman–Crippen MR) is 165 cm³/mol. The van der Waals surface area contributed by atoms with E-state index >= 15 is 0 Å². The van der Waals surface area contributed by atoms with Crippen molar-refractivity contribution in [3.05, 3.63) is 124 Å². The Bertz CT molecular complexity index is 1590. The first-order chi connectivity index (χ1) is 19.8. The molecule has 0 fully saturated rings. The lowest BCUT2D eigenvalue weighted by Gasteiger charge is -2.13. The fraction of sp³-hybridized carbons (Fsp3) is 0.0938. The zero-order chi connectivity index (χ0) is 29.2. The first-order valence-corrected chi connectivity index (χ1v) is 14.0. The van der Waals surface area contributed by atoms with Crippen molar-refractivity contribution in [2.24, 2.45) is 0 Å². The zero-order valence-corrected chi connectivity index (χ0v) is 24.0. The van der Waals surface area contributed by atoms with Gasteiger partial charge in [0.05, 0.1) is 18.6 Å². The number of rotatable bonds is 10. The van der Waals surface area contributed by atoms with Crippen LogP contribution in [0.1, 0.15) is 21.5 Å². The van der Waals surface area contributed by atoms with Crippen molar-refractivity contribution < 1.29 is 19.1 Å². The molecule has 0 saturated heterocycles. The second-order valence-corrected chi connectivity index (χ2v) is 10.4. The van der Waals surface area contributed by atoms with Crippen LogP contribution >= 0.6 is 23.4 Å². The maximum absolute atomic E-state index is 13.3. The molecule has 41 heavy (non-hydrogen) atoms. The van der Waals surface area contributed by atoms with Crippen molar-refractivity contribution in [2.75, 3.05) is 23.5 Å². The Morgan fingerprint density at radius 1 is 0.878 bits per heavy atom. The highest BCUT2D eigenvalue weighted by Crippen LogP contribution is 2.28. The number of benzene rings is 4. The van der Waals surface area contributed by atoms with Crippen molar-refractivity contribution in [2.45, 2.75) is 11.8 Å². The monoisotopic (exact) mass is 585 g/mol. The number of carbonyl (C=O) groups is 3. The van der Waals surface area contributed by atoms with Crippen molar-refractivity contribution in [3.8, 4) is 5.75 Å². The number of aryl methyl sites for hydroxylation is 1. The van der Waals surface area contributed by atoms with Crippen molar-refractivity contribution in [3.63, 3.8) is 0 Å². The van der Waals surface area contributed by atoms with Gasteiger partial charge in [0, 0.05) is 21.2 Å². The van der Waals surface area contributed by atoms with E-state index in [4.69, 9.17) is 16.3 Å². The van der Waals surface area contributed by atoms with Crippen LogP contribution < -0.4 is 20.7 Å². The molecule has 0 aromatic heterocycles. The summed E-state index contributed by atoms with van der Waals surface area (Å²) in [5.41, 5.74) is 3.32. The number of anilines is 2. The van der Waals surface area contributed by atoms with Crippen LogP contribution in [0.3, 0.4) is 0 Å². The Kier molecular flexibility index (Phi) is 10.2. The summed E-state index contributed by atoms with van der Waals surface area (Å²) >= 11 is 7.35. The van der Waals surface area contributed by atoms with E-state index in [9.17, 15) is 14.4 Å². The molecule has 3 amide bonds. The number of amides is 3. The maximum Gasteiger partial charge on any atom is 0.272 e. The van der Waals surface area contributed by atoms with Gasteiger partial charge in [0.25, 0.3) is 11.8 Å². The number of nitrogens with one attached hydrogen (secondary N) is 3. The van der Waals surface area contributed by atoms with Gasteiger partial charge in [-0.05, 0) is 67.1 Å². The average molecular weight is 586 g/mol. The van der Waals surface area contributed by atoms with Crippen LogP contribution in [0.5, 0.6) is 5.75 Å². The van der Waals surface area contributed by atoms with Gasteiger partial charge in [-0.15, -0.1) is 11.8 Å². The van der Waals surface area contributed by atoms with Crippen LogP contribution in [0.25, 0.3) is 6.08 Å². The van der Waals surface area contributed by atoms with Gasteiger partial charge in [-0.2, -0.15) is 0 Å². The standard InChI is InChI=1S/C32H28ClN3O4S/c1-21-8-6-9-22(16-21)17-28(36-31(38)23-10-4-3-5-11-23)32(39)34-25-12-7-13-26(19-25)41-20-30(37)35-27-18-24(33)14-15-29(27)40-2/h3-19H,20H2,1-2H3,(H,34,39)(H,35,37)(H,36,38)/b28-17+. The van der Waals surface area contributed by atoms with Crippen LogP contribution in [0.4, 0.5) is 11.4 Å². The topological polar surface area (TPSA) is 96.5 Å². The molecule has 3 N–H and O–H groups in total. The Morgan fingerprint density at radius 3 is 2.41 bits per heavy atom. The van der Waals surface area contributed by atoms with Crippen LogP contribution in [0.2, 0.25) is 5.02 Å². The quantitative estimate of drug-likeness (QED) is 0.140. The number of hydrogen-bond donors (Lipinski definition) is 3. The minimum atomic E-state index is -0.483. The third-order valence-electron chi connectivity index (χ3n) is 5.78. The number of halogens is 1. The largest absolute Gasteiger partial charge is 0.495 e. The Morgan fingerprint density at radius 2 is 1.66 bits per heavy atom. The molecule has 4 aromatic carbocycles. The van der Waals surface area contributed by atoms with Gasteiger partial charge in [0.15, 0.2) is 0 Å². The summed E-state index contributed by atoms with van der Waals surface area (Å²) in [7, 11) is 1.52. The first-order valence-electron chi connectivity index (χ1n) is 12.6. The fourth-order valence-corrected chi connectivity index (χ4v) is 4.77. The minimum Gasteiger partial charge on any atom is -0.495 e. The van der Waals surface area contributed by atoms with E-state index in [1.165, 1.54) is 18.9 Å². The molecule has 4 aromatic rings. The summed E-state index contributed by atoms with van der Waals surface area (Å²) in [4.78, 5) is 39.6. The second-order valence-electron chi connectivity index (χ2n) is 8.96. The smallest absolute Gasteiger partial charge is 0.272 e. The molecule has 0 spiro atoms. The van der Waals surface area contributed by atoms with Gasteiger partial charge in [-0.25, -0.2) is 0 Å². The highest BCUT2D eigenvalue weighted by Gasteiger charge is 2.16. The lowest BCUT2D eigenvalue weighted by Crippen LogP contribution is -2.30. The van der Waals surface area contributed by atoms with Crippen molar-refractivity contribution in [1.82, 2.24) is 5.32 Å². The number of carbonyl (C=O) groups excluding carboxylic acids is 3. The number of hydrogen-bond acceptors (Lipinski definition) is 5. The molecule has 9 heteroatoms. The third-order valence-corrected chi connectivity index (χ3v) is 7.01. The number of thioether (sulfide) groups is 1. The molecule has 7 nitrogen and oxygen atoms in total. The van der Waals surface area contributed by atoms with E-state index in [1.807, 2.05) is 43.3 Å². The molecule has 0 saturated carbocycles. The third kappa shape index (κ3) is 8.73. The summed E-state index contributed by atoms with van der Waals surface area (Å²) in [6.45, 7) is 1.95. The summed E-state index contributed by atoms with van der Waals surface area (Å²) in [6, 6.07) is 28.4. The van der Waals surface area contributed by atoms with Crippen LogP contribution in [-0.2, 0) is 9.59 Å². The van der Waals surface area contributed by atoms with Gasteiger partial charge in [0.1, 0.15) is 11.4 Å². The Hall–Kier alpha value is -4.53. The summed E-state index contributed by atoms with van der Waals surface area (Å²) in [5, 5.41) is 8.89. The molecular formula is C32H28ClN3O4S. The molecule has 0 aliphatic carbocycles. The van der Waals surface area contributed by atoms with Crippen molar-refractivity contribution in [1.29, 1.82) is 0 Å². The Labute approximate surface area is 248 Å². The number of methoxy groups -OCH3 is 1. The average Bonchev–Trinajstić information content (AvgIpc) is 2.96. The van der Waals surface area contributed by atoms with Crippen molar-refractivity contribution >= 4 is 58.5 Å². The minimum absolute atomic E-state index is 0.0948. The maximum atomic E-state index is 13.3. The van der Waals surface area contributed by atoms with Gasteiger partial charge in [-0.1, -0.05) is 65.7 Å². The molecular weight excluding hydrogens is 558 g/mol. The van der Waals surface area contributed by atoms with E-state index in [0.29, 0.717) is 27.7 Å². The molecule has 4 rings (SSSR count). The molecule has 0 atom stereocenters. The zero-order valence-electron chi connectivity index (χ0n) is 22.4. The van der Waals surface area contributed by atoms with E-state index in [0.717, 1.165) is 16.0 Å². The molecule has 0 bridgehead atoms. The molecule has 208 valence electrons. The van der Waals surface area contributed by atoms with E-state index in [2.05, 4.69) is 16.0 Å². The second kappa shape index (κ2) is 14.2. The SMILES string of the molecule is COc1ccc(Cl)cc1NC(=O)CSc1cccc(NC(=O)/C(=C\c2cccc(C)c2)NC(=O)c2ccccc2)c1. The van der Waals surface area contributed by atoms with Gasteiger partial charge in [0.2, 0.25) is 5.91 Å². The predicted octanol–water partition coefficient (Wildman–Crippen LogP) is 6.80. The fourth-order valence-electron chi connectivity index (χ4n) is 3.84. The summed E-state index contributed by atoms with van der Waals surface area (Å²) < 4.78 is 5.28. The highest BCUT2D eigenvalue weighted by atomic mass is 35.5. The summed E-state index contributed by atoms with van der Waals surface area (Å²) in [5.74, 6) is -0.489. The molecule has 0 heterocycles. The molecule has 0 aliphatic rings. The van der Waals surface area contributed by atoms with Gasteiger partial charge >= 0.3 is 0 Å². The Balaban J connectivity index is 1.45. The van der Waals surface area contributed by atoms with E-state index in [-0.39, 0.29) is 17.4 Å². The lowest BCUT2D eigenvalue weighted by atomic mass is 10.1. The molecule has 0 radical (unpaired) electrons. The van der Waals surface area contributed by atoms with Gasteiger partial charge in [-0.3, -0.25) is 14.4 Å². The van der Waals surface area contributed by atoms with Crippen LogP contribution in [-0.4, -0.2) is 30.6 Å². The molecule has 0 unspecified atom stereocenters. The van der Waals surface area contributed by atoms with Crippen LogP contribution in [0.15, 0.2) is 108 Å². The van der Waals surface area contributed by atoms with Crippen LogP contribution in [0, 0.1) is 6.92 Å².